The van der Waals surface area contributed by atoms with Crippen LogP contribution in [0.2, 0.25) is 0 Å². The highest BCUT2D eigenvalue weighted by Crippen LogP contribution is 2.56. The predicted molar refractivity (Wildman–Crippen MR) is 43.4 cm³/mol. The number of rotatable bonds is 0. The molecule has 66 valence electrons. The summed E-state index contributed by atoms with van der Waals surface area (Å²) in [6.45, 7) is 2.06. The number of fused-ring (bicyclic) bond motifs is 5. The fourth-order valence-electron chi connectivity index (χ4n) is 3.70. The summed E-state index contributed by atoms with van der Waals surface area (Å²) in [5.41, 5.74) is 0. The molecule has 0 N–H and O–H groups in total. The van der Waals surface area contributed by atoms with E-state index in [1.807, 2.05) is 0 Å². The molecule has 3 fully saturated rings. The van der Waals surface area contributed by atoms with Gasteiger partial charge in [0.25, 0.3) is 0 Å². The van der Waals surface area contributed by atoms with E-state index in [1.54, 1.807) is 0 Å². The molecule has 0 spiro atoms. The first-order valence-corrected chi connectivity index (χ1v) is 4.98. The highest BCUT2D eigenvalue weighted by atomic mass is 16.6. The first-order chi connectivity index (χ1) is 5.77. The predicted octanol–water partition coefficient (Wildman–Crippen LogP) is 1.59. The summed E-state index contributed by atoms with van der Waals surface area (Å²) in [5.74, 6) is 2.45. The van der Waals surface area contributed by atoms with Crippen LogP contribution >= 0.6 is 0 Å². The summed E-state index contributed by atoms with van der Waals surface area (Å²) in [5, 5.41) is 0. The first kappa shape index (κ1) is 6.93. The lowest BCUT2D eigenvalue weighted by molar-refractivity contribution is -0.145. The molecule has 2 bridgehead atoms. The largest absolute Gasteiger partial charge is 0.462 e. The Bertz CT molecular complexity index is 236. The maximum Gasteiger partial charge on any atom is 0.309 e. The van der Waals surface area contributed by atoms with Gasteiger partial charge in [-0.05, 0) is 38.0 Å². The lowest BCUT2D eigenvalue weighted by atomic mass is 9.79. The summed E-state index contributed by atoms with van der Waals surface area (Å²) in [7, 11) is 0. The van der Waals surface area contributed by atoms with Gasteiger partial charge in [0.2, 0.25) is 0 Å². The number of carbonyl (C=O) groups excluding carboxylic acids is 1. The molecule has 2 heteroatoms. The Labute approximate surface area is 72.3 Å². The van der Waals surface area contributed by atoms with E-state index in [9.17, 15) is 4.79 Å². The normalized spacial score (nSPS) is 55.8. The number of hydrogen-bond acceptors (Lipinski definition) is 2. The van der Waals surface area contributed by atoms with E-state index in [0.717, 1.165) is 5.92 Å². The zero-order valence-electron chi connectivity index (χ0n) is 7.32. The van der Waals surface area contributed by atoms with E-state index in [0.29, 0.717) is 17.8 Å². The Morgan fingerprint density at radius 3 is 2.83 bits per heavy atom. The van der Waals surface area contributed by atoms with Gasteiger partial charge in [-0.3, -0.25) is 4.79 Å². The molecule has 2 nitrogen and oxygen atoms in total. The molecular formula is C10H14O2. The van der Waals surface area contributed by atoms with Crippen molar-refractivity contribution < 1.29 is 9.53 Å². The minimum Gasteiger partial charge on any atom is -0.462 e. The molecule has 0 aromatic heterocycles. The van der Waals surface area contributed by atoms with Crippen molar-refractivity contribution in [1.82, 2.24) is 0 Å². The molecule has 0 aromatic carbocycles. The lowest BCUT2D eigenvalue weighted by Crippen LogP contribution is -2.25. The third kappa shape index (κ3) is 0.644. The quantitative estimate of drug-likeness (QED) is 0.511. The van der Waals surface area contributed by atoms with Crippen molar-refractivity contribution in [3.05, 3.63) is 0 Å². The van der Waals surface area contributed by atoms with Crippen molar-refractivity contribution in [2.24, 2.45) is 23.7 Å². The molecule has 5 atom stereocenters. The Kier molecular flexibility index (Phi) is 1.18. The van der Waals surface area contributed by atoms with E-state index in [4.69, 9.17) is 4.74 Å². The maximum absolute atomic E-state index is 11.4. The average Bonchev–Trinajstić information content (AvgIpc) is 2.64. The van der Waals surface area contributed by atoms with Crippen LogP contribution in [0.3, 0.4) is 0 Å². The van der Waals surface area contributed by atoms with Crippen LogP contribution in [0.1, 0.15) is 26.2 Å². The van der Waals surface area contributed by atoms with Crippen LogP contribution in [0.25, 0.3) is 0 Å². The second-order valence-electron chi connectivity index (χ2n) is 4.58. The van der Waals surface area contributed by atoms with Crippen molar-refractivity contribution in [3.63, 3.8) is 0 Å². The van der Waals surface area contributed by atoms with E-state index in [-0.39, 0.29) is 12.1 Å². The van der Waals surface area contributed by atoms with Gasteiger partial charge in [0.1, 0.15) is 6.10 Å². The van der Waals surface area contributed by atoms with Gasteiger partial charge in [-0.1, -0.05) is 0 Å². The van der Waals surface area contributed by atoms with Gasteiger partial charge < -0.3 is 4.74 Å². The Morgan fingerprint density at radius 2 is 2.08 bits per heavy atom. The van der Waals surface area contributed by atoms with Crippen LogP contribution in [0, 0.1) is 23.7 Å². The first-order valence-electron chi connectivity index (χ1n) is 4.98. The van der Waals surface area contributed by atoms with E-state index >= 15 is 0 Å². The monoisotopic (exact) mass is 166 g/mol. The molecule has 0 radical (unpaired) electrons. The van der Waals surface area contributed by atoms with Gasteiger partial charge in [0.05, 0.1) is 5.92 Å². The van der Waals surface area contributed by atoms with Gasteiger partial charge in [-0.2, -0.15) is 0 Å². The van der Waals surface area contributed by atoms with Crippen LogP contribution in [0.5, 0.6) is 0 Å². The van der Waals surface area contributed by atoms with E-state index < -0.39 is 0 Å². The van der Waals surface area contributed by atoms with Gasteiger partial charge >= 0.3 is 5.97 Å². The molecule has 2 saturated carbocycles. The smallest absolute Gasteiger partial charge is 0.309 e. The molecule has 1 saturated heterocycles. The molecule has 0 aromatic rings. The van der Waals surface area contributed by atoms with Crippen molar-refractivity contribution in [1.29, 1.82) is 0 Å². The van der Waals surface area contributed by atoms with E-state index in [1.165, 1.54) is 19.3 Å². The van der Waals surface area contributed by atoms with Crippen molar-refractivity contribution in [3.8, 4) is 0 Å². The average molecular weight is 166 g/mol. The molecule has 2 aliphatic carbocycles. The molecular weight excluding hydrogens is 152 g/mol. The zero-order valence-corrected chi connectivity index (χ0v) is 7.32. The SMILES string of the molecule is CC1OC(=O)C2C3CCC(C3)C12. The highest BCUT2D eigenvalue weighted by molar-refractivity contribution is 5.76. The molecule has 1 heterocycles. The molecule has 1 aliphatic heterocycles. The Hall–Kier alpha value is -0.530. The lowest BCUT2D eigenvalue weighted by Gasteiger charge is -2.22. The standard InChI is InChI=1S/C10H14O2/c1-5-8-6-2-3-7(4-6)9(8)10(11)12-5/h5-9H,2-4H2,1H3. The fraction of sp³-hybridized carbons (Fsp3) is 0.900. The van der Waals surface area contributed by atoms with Crippen LogP contribution < -0.4 is 0 Å². The van der Waals surface area contributed by atoms with E-state index in [2.05, 4.69) is 6.92 Å². The van der Waals surface area contributed by atoms with Crippen LogP contribution in [0.15, 0.2) is 0 Å². The van der Waals surface area contributed by atoms with Crippen molar-refractivity contribution in [2.45, 2.75) is 32.3 Å². The van der Waals surface area contributed by atoms with Gasteiger partial charge in [-0.25, -0.2) is 0 Å². The van der Waals surface area contributed by atoms with Crippen LogP contribution in [0.4, 0.5) is 0 Å². The topological polar surface area (TPSA) is 26.3 Å². The number of cyclic esters (lactones) is 1. The third-order valence-corrected chi connectivity index (χ3v) is 4.10. The minimum atomic E-state index is 0.0969. The molecule has 0 amide bonds. The van der Waals surface area contributed by atoms with Crippen molar-refractivity contribution in [2.75, 3.05) is 0 Å². The molecule has 5 unspecified atom stereocenters. The summed E-state index contributed by atoms with van der Waals surface area (Å²) >= 11 is 0. The summed E-state index contributed by atoms with van der Waals surface area (Å²) in [6.07, 6.45) is 4.12. The molecule has 3 aliphatic rings. The summed E-state index contributed by atoms with van der Waals surface area (Å²) in [4.78, 5) is 11.4. The van der Waals surface area contributed by atoms with Crippen LogP contribution in [-0.2, 0) is 9.53 Å². The second kappa shape index (κ2) is 2.04. The Balaban J connectivity index is 1.97. The van der Waals surface area contributed by atoms with Gasteiger partial charge in [-0.15, -0.1) is 0 Å². The minimum absolute atomic E-state index is 0.0969. The number of hydrogen-bond donors (Lipinski definition) is 0. The summed E-state index contributed by atoms with van der Waals surface area (Å²) in [6, 6.07) is 0. The number of esters is 1. The number of carbonyl (C=O) groups is 1. The van der Waals surface area contributed by atoms with Gasteiger partial charge in [0.15, 0.2) is 0 Å². The van der Waals surface area contributed by atoms with Gasteiger partial charge in [0, 0.05) is 5.92 Å². The van der Waals surface area contributed by atoms with Crippen LogP contribution in [-0.4, -0.2) is 12.1 Å². The molecule has 12 heavy (non-hydrogen) atoms. The zero-order chi connectivity index (χ0) is 8.29. The fourth-order valence-corrected chi connectivity index (χ4v) is 3.70. The highest BCUT2D eigenvalue weighted by Gasteiger charge is 2.57. The maximum atomic E-state index is 11.4. The van der Waals surface area contributed by atoms with Crippen molar-refractivity contribution >= 4 is 5.97 Å². The third-order valence-electron chi connectivity index (χ3n) is 4.10. The Morgan fingerprint density at radius 1 is 1.33 bits per heavy atom. The molecule has 3 rings (SSSR count). The summed E-state index contributed by atoms with van der Waals surface area (Å²) < 4.78 is 5.27. The number of ether oxygens (including phenoxy) is 1. The second-order valence-corrected chi connectivity index (χ2v) is 4.58.